The van der Waals surface area contributed by atoms with Gasteiger partial charge >= 0.3 is 0 Å². The summed E-state index contributed by atoms with van der Waals surface area (Å²) >= 11 is 5.82. The number of hydrogen-bond donors (Lipinski definition) is 2. The summed E-state index contributed by atoms with van der Waals surface area (Å²) < 4.78 is 0. The first-order valence-electron chi connectivity index (χ1n) is 6.42. The van der Waals surface area contributed by atoms with Crippen molar-refractivity contribution in [1.82, 2.24) is 10.6 Å². The van der Waals surface area contributed by atoms with Gasteiger partial charge in [0.05, 0.1) is 5.92 Å². The summed E-state index contributed by atoms with van der Waals surface area (Å²) in [5.41, 5.74) is 1.19. The zero-order valence-corrected chi connectivity index (χ0v) is 11.3. The molecule has 1 aliphatic heterocycles. The molecule has 98 valence electrons. The molecule has 2 N–H and O–H groups in total. The lowest BCUT2D eigenvalue weighted by atomic mass is 10.0. The molecule has 18 heavy (non-hydrogen) atoms. The van der Waals surface area contributed by atoms with E-state index in [2.05, 4.69) is 17.6 Å². The van der Waals surface area contributed by atoms with Crippen LogP contribution in [0.2, 0.25) is 5.02 Å². The molecule has 4 heteroatoms. The predicted octanol–water partition coefficient (Wildman–Crippen LogP) is 2.00. The van der Waals surface area contributed by atoms with E-state index in [1.807, 2.05) is 24.3 Å². The molecule has 1 aromatic rings. The Labute approximate surface area is 113 Å². The van der Waals surface area contributed by atoms with Crippen molar-refractivity contribution in [2.75, 3.05) is 13.1 Å². The normalized spacial score (nSPS) is 23.0. The first-order chi connectivity index (χ1) is 8.66. The number of hydrogen-bond acceptors (Lipinski definition) is 2. The fourth-order valence-electron chi connectivity index (χ4n) is 2.33. The van der Waals surface area contributed by atoms with Crippen molar-refractivity contribution in [3.63, 3.8) is 0 Å². The lowest BCUT2D eigenvalue weighted by molar-refractivity contribution is -0.125. The Morgan fingerprint density at radius 3 is 2.78 bits per heavy atom. The second-order valence-electron chi connectivity index (χ2n) is 4.81. The molecule has 1 aromatic carbocycles. The van der Waals surface area contributed by atoms with Crippen LogP contribution in [0.5, 0.6) is 0 Å². The summed E-state index contributed by atoms with van der Waals surface area (Å²) in [6, 6.07) is 8.03. The van der Waals surface area contributed by atoms with Gasteiger partial charge in [0.25, 0.3) is 0 Å². The van der Waals surface area contributed by atoms with Crippen LogP contribution in [0.15, 0.2) is 24.3 Å². The smallest absolute Gasteiger partial charge is 0.224 e. The van der Waals surface area contributed by atoms with Gasteiger partial charge in [-0.15, -0.1) is 0 Å². The van der Waals surface area contributed by atoms with Gasteiger partial charge in [-0.25, -0.2) is 0 Å². The van der Waals surface area contributed by atoms with E-state index in [-0.39, 0.29) is 11.8 Å². The van der Waals surface area contributed by atoms with Crippen LogP contribution >= 0.6 is 11.6 Å². The Morgan fingerprint density at radius 2 is 2.17 bits per heavy atom. The molecule has 0 saturated carbocycles. The number of halogens is 1. The maximum Gasteiger partial charge on any atom is 0.224 e. The molecule has 0 radical (unpaired) electrons. The van der Waals surface area contributed by atoms with E-state index in [0.717, 1.165) is 24.4 Å². The third-order valence-corrected chi connectivity index (χ3v) is 3.74. The summed E-state index contributed by atoms with van der Waals surface area (Å²) in [5, 5.41) is 7.04. The Balaban J connectivity index is 1.75. The standard InChI is InChI=1S/C14H19ClN2O/c1-10-13(7-9-16-10)14(18)17-8-6-11-2-4-12(15)5-3-11/h2-5,10,13,16H,6-9H2,1H3,(H,17,18). The van der Waals surface area contributed by atoms with Crippen molar-refractivity contribution in [3.8, 4) is 0 Å². The van der Waals surface area contributed by atoms with E-state index in [0.29, 0.717) is 12.6 Å². The monoisotopic (exact) mass is 266 g/mol. The molecule has 1 amide bonds. The zero-order chi connectivity index (χ0) is 13.0. The van der Waals surface area contributed by atoms with E-state index < -0.39 is 0 Å². The van der Waals surface area contributed by atoms with Crippen molar-refractivity contribution in [2.45, 2.75) is 25.8 Å². The molecule has 0 aromatic heterocycles. The molecule has 2 unspecified atom stereocenters. The quantitative estimate of drug-likeness (QED) is 0.875. The zero-order valence-electron chi connectivity index (χ0n) is 10.6. The SMILES string of the molecule is CC1NCCC1C(=O)NCCc1ccc(Cl)cc1. The molecule has 2 atom stereocenters. The molecule has 1 heterocycles. The van der Waals surface area contributed by atoms with Crippen LogP contribution in [0.1, 0.15) is 18.9 Å². The molecule has 0 bridgehead atoms. The van der Waals surface area contributed by atoms with Crippen LogP contribution in [0, 0.1) is 5.92 Å². The van der Waals surface area contributed by atoms with Crippen LogP contribution in [0.3, 0.4) is 0 Å². The summed E-state index contributed by atoms with van der Waals surface area (Å²) in [4.78, 5) is 11.9. The minimum Gasteiger partial charge on any atom is -0.355 e. The first-order valence-corrected chi connectivity index (χ1v) is 6.80. The minimum absolute atomic E-state index is 0.121. The van der Waals surface area contributed by atoms with E-state index in [1.54, 1.807) is 0 Å². The van der Waals surface area contributed by atoms with E-state index in [4.69, 9.17) is 11.6 Å². The fraction of sp³-hybridized carbons (Fsp3) is 0.500. The third-order valence-electron chi connectivity index (χ3n) is 3.49. The van der Waals surface area contributed by atoms with Crippen LogP contribution < -0.4 is 10.6 Å². The van der Waals surface area contributed by atoms with E-state index in [9.17, 15) is 4.79 Å². The summed E-state index contributed by atoms with van der Waals surface area (Å²) in [5.74, 6) is 0.289. The van der Waals surface area contributed by atoms with Crippen molar-refractivity contribution >= 4 is 17.5 Å². The minimum atomic E-state index is 0.121. The Hall–Kier alpha value is -1.06. The summed E-state index contributed by atoms with van der Waals surface area (Å²) in [6.45, 7) is 3.69. The molecule has 2 rings (SSSR count). The summed E-state index contributed by atoms with van der Waals surface area (Å²) in [7, 11) is 0. The van der Waals surface area contributed by atoms with Gasteiger partial charge in [0.2, 0.25) is 5.91 Å². The van der Waals surface area contributed by atoms with Crippen LogP contribution in [0.4, 0.5) is 0 Å². The van der Waals surface area contributed by atoms with Gasteiger partial charge in [0.15, 0.2) is 0 Å². The number of benzene rings is 1. The van der Waals surface area contributed by atoms with Crippen molar-refractivity contribution in [1.29, 1.82) is 0 Å². The van der Waals surface area contributed by atoms with Crippen LogP contribution in [0.25, 0.3) is 0 Å². The Kier molecular flexibility index (Phi) is 4.61. The van der Waals surface area contributed by atoms with Crippen LogP contribution in [-0.4, -0.2) is 25.0 Å². The van der Waals surface area contributed by atoms with Gasteiger partial charge < -0.3 is 10.6 Å². The number of carbonyl (C=O) groups is 1. The van der Waals surface area contributed by atoms with Crippen molar-refractivity contribution < 1.29 is 4.79 Å². The average molecular weight is 267 g/mol. The molecule has 3 nitrogen and oxygen atoms in total. The van der Waals surface area contributed by atoms with Crippen LogP contribution in [-0.2, 0) is 11.2 Å². The first kappa shape index (κ1) is 13.4. The highest BCUT2D eigenvalue weighted by Gasteiger charge is 2.28. The predicted molar refractivity (Wildman–Crippen MR) is 73.7 cm³/mol. The molecular formula is C14H19ClN2O. The van der Waals surface area contributed by atoms with Gasteiger partial charge in [-0.1, -0.05) is 23.7 Å². The number of amides is 1. The highest BCUT2D eigenvalue weighted by Crippen LogP contribution is 2.15. The molecule has 1 fully saturated rings. The topological polar surface area (TPSA) is 41.1 Å². The molecular weight excluding hydrogens is 248 g/mol. The van der Waals surface area contributed by atoms with E-state index >= 15 is 0 Å². The number of rotatable bonds is 4. The van der Waals surface area contributed by atoms with E-state index in [1.165, 1.54) is 5.56 Å². The highest BCUT2D eigenvalue weighted by molar-refractivity contribution is 6.30. The molecule has 1 saturated heterocycles. The van der Waals surface area contributed by atoms with Gasteiger partial charge in [-0.2, -0.15) is 0 Å². The maximum absolute atomic E-state index is 11.9. The largest absolute Gasteiger partial charge is 0.355 e. The highest BCUT2D eigenvalue weighted by atomic mass is 35.5. The van der Waals surface area contributed by atoms with Crippen molar-refractivity contribution in [2.24, 2.45) is 5.92 Å². The molecule has 0 spiro atoms. The average Bonchev–Trinajstić information content (AvgIpc) is 2.78. The molecule has 0 aliphatic carbocycles. The number of carbonyl (C=O) groups excluding carboxylic acids is 1. The maximum atomic E-state index is 11.9. The lowest BCUT2D eigenvalue weighted by Gasteiger charge is -2.14. The van der Waals surface area contributed by atoms with Gasteiger partial charge in [-0.05, 0) is 44.0 Å². The number of nitrogens with one attached hydrogen (secondary N) is 2. The van der Waals surface area contributed by atoms with Gasteiger partial charge in [0, 0.05) is 17.6 Å². The summed E-state index contributed by atoms with van der Waals surface area (Å²) in [6.07, 6.45) is 1.78. The second kappa shape index (κ2) is 6.21. The second-order valence-corrected chi connectivity index (χ2v) is 5.24. The molecule has 1 aliphatic rings. The third kappa shape index (κ3) is 3.47. The lowest BCUT2D eigenvalue weighted by Crippen LogP contribution is -2.37. The van der Waals surface area contributed by atoms with Gasteiger partial charge in [0.1, 0.15) is 0 Å². The van der Waals surface area contributed by atoms with Gasteiger partial charge in [-0.3, -0.25) is 4.79 Å². The Bertz CT molecular complexity index is 405. The Morgan fingerprint density at radius 1 is 1.44 bits per heavy atom. The van der Waals surface area contributed by atoms with Crippen molar-refractivity contribution in [3.05, 3.63) is 34.9 Å². The fourth-order valence-corrected chi connectivity index (χ4v) is 2.46.